The lowest BCUT2D eigenvalue weighted by molar-refractivity contribution is -0.118. The number of benzene rings is 1. The van der Waals surface area contributed by atoms with Crippen LogP contribution >= 0.6 is 23.6 Å². The van der Waals surface area contributed by atoms with E-state index < -0.39 is 6.04 Å². The quantitative estimate of drug-likeness (QED) is 0.620. The van der Waals surface area contributed by atoms with Crippen LogP contribution in [-0.4, -0.2) is 20.7 Å². The van der Waals surface area contributed by atoms with Gasteiger partial charge in [-0.3, -0.25) is 14.5 Å². The van der Waals surface area contributed by atoms with Crippen LogP contribution in [0.15, 0.2) is 41.8 Å². The maximum atomic E-state index is 12.7. The maximum Gasteiger partial charge on any atom is 0.247 e. The van der Waals surface area contributed by atoms with Gasteiger partial charge in [-0.15, -0.1) is 11.3 Å². The Kier molecular flexibility index (Phi) is 5.15. The summed E-state index contributed by atoms with van der Waals surface area (Å²) in [5.41, 5.74) is 2.01. The molecule has 5 nitrogen and oxygen atoms in total. The molecule has 7 heteroatoms. The normalized spacial score (nSPS) is 12.3. The lowest BCUT2D eigenvalue weighted by atomic mass is 10.0. The van der Waals surface area contributed by atoms with E-state index in [2.05, 4.69) is 29.4 Å². The molecule has 1 atom stereocenters. The van der Waals surface area contributed by atoms with Gasteiger partial charge in [0.2, 0.25) is 5.91 Å². The summed E-state index contributed by atoms with van der Waals surface area (Å²) in [7, 11) is 0. The number of hydrogen-bond acceptors (Lipinski definition) is 4. The topological polar surface area (TPSA) is 62.7 Å². The number of thiophene rings is 1. The van der Waals surface area contributed by atoms with E-state index >= 15 is 0 Å². The summed E-state index contributed by atoms with van der Waals surface area (Å²) in [5, 5.41) is 12.0. The molecule has 0 fully saturated rings. The summed E-state index contributed by atoms with van der Waals surface area (Å²) in [6, 6.07) is 11.3. The van der Waals surface area contributed by atoms with Crippen molar-refractivity contribution in [1.29, 1.82) is 0 Å². The fraction of sp³-hybridized carbons (Fsp3) is 0.278. The first-order chi connectivity index (χ1) is 12.0. The zero-order chi connectivity index (χ0) is 18.0. The van der Waals surface area contributed by atoms with Gasteiger partial charge in [-0.25, -0.2) is 0 Å². The van der Waals surface area contributed by atoms with Gasteiger partial charge in [-0.2, -0.15) is 5.10 Å². The number of carbonyl (C=O) groups excluding carboxylic acids is 1. The molecule has 1 aromatic carbocycles. The predicted octanol–water partition coefficient (Wildman–Crippen LogP) is 4.99. The van der Waals surface area contributed by atoms with Gasteiger partial charge >= 0.3 is 0 Å². The van der Waals surface area contributed by atoms with Crippen LogP contribution in [0.4, 0.5) is 5.69 Å². The molecular weight excluding hydrogens is 352 g/mol. The molecule has 3 aromatic rings. The van der Waals surface area contributed by atoms with Crippen molar-refractivity contribution in [3.63, 3.8) is 0 Å². The lowest BCUT2D eigenvalue weighted by Crippen LogP contribution is -2.24. The second-order valence-electron chi connectivity index (χ2n) is 6.14. The molecule has 2 N–H and O–H groups in total. The molecule has 0 saturated heterocycles. The Morgan fingerprint density at radius 2 is 1.96 bits per heavy atom. The number of nitrogens with one attached hydrogen (secondary N) is 2. The number of aromatic nitrogens is 3. The molecule has 0 aliphatic heterocycles. The van der Waals surface area contributed by atoms with Crippen LogP contribution in [0.1, 0.15) is 38.3 Å². The third-order valence-electron chi connectivity index (χ3n) is 4.06. The van der Waals surface area contributed by atoms with Crippen molar-refractivity contribution in [1.82, 2.24) is 14.8 Å². The molecule has 1 amide bonds. The summed E-state index contributed by atoms with van der Waals surface area (Å²) in [5.74, 6) is 1.01. The number of rotatable bonds is 5. The van der Waals surface area contributed by atoms with Crippen LogP contribution in [0, 0.1) is 4.77 Å². The summed E-state index contributed by atoms with van der Waals surface area (Å²) in [4.78, 5) is 13.7. The number of H-pyrrole nitrogens is 1. The third-order valence-corrected chi connectivity index (χ3v) is 5.21. The van der Waals surface area contributed by atoms with Gasteiger partial charge < -0.3 is 5.32 Å². The Labute approximate surface area is 155 Å². The van der Waals surface area contributed by atoms with Crippen molar-refractivity contribution in [3.8, 4) is 10.7 Å². The minimum Gasteiger partial charge on any atom is -0.324 e. The number of hydrogen-bond donors (Lipinski definition) is 2. The summed E-state index contributed by atoms with van der Waals surface area (Å²) < 4.78 is 2.18. The van der Waals surface area contributed by atoms with E-state index in [0.717, 1.165) is 10.6 Å². The van der Waals surface area contributed by atoms with Crippen molar-refractivity contribution in [2.45, 2.75) is 32.7 Å². The van der Waals surface area contributed by atoms with Crippen LogP contribution in [0.25, 0.3) is 10.7 Å². The minimum atomic E-state index is -0.479. The summed E-state index contributed by atoms with van der Waals surface area (Å²) in [6.07, 6.45) is 0. The zero-order valence-electron chi connectivity index (χ0n) is 14.3. The molecule has 0 bridgehead atoms. The lowest BCUT2D eigenvalue weighted by Gasteiger charge is -2.15. The SMILES string of the molecule is CC(C)c1ccc(NC(=O)[C@@H](C)n2c(-c3cccs3)n[nH]c2=S)cc1. The van der Waals surface area contributed by atoms with Crippen molar-refractivity contribution in [3.05, 3.63) is 52.1 Å². The van der Waals surface area contributed by atoms with E-state index in [1.54, 1.807) is 15.9 Å². The summed E-state index contributed by atoms with van der Waals surface area (Å²) >= 11 is 6.88. The van der Waals surface area contributed by atoms with Gasteiger partial charge in [0, 0.05) is 5.69 Å². The Morgan fingerprint density at radius 1 is 1.24 bits per heavy atom. The highest BCUT2D eigenvalue weighted by Gasteiger charge is 2.21. The summed E-state index contributed by atoms with van der Waals surface area (Å²) in [6.45, 7) is 6.10. The molecule has 3 rings (SSSR count). The Hall–Kier alpha value is -2.25. The van der Waals surface area contributed by atoms with E-state index in [1.807, 2.05) is 48.7 Å². The van der Waals surface area contributed by atoms with Crippen LogP contribution in [-0.2, 0) is 4.79 Å². The number of nitrogens with zero attached hydrogens (tertiary/aromatic N) is 2. The third kappa shape index (κ3) is 3.72. The standard InChI is InChI=1S/C18H20N4OS2/c1-11(2)13-6-8-14(9-7-13)19-17(23)12(3)22-16(20-21-18(22)24)15-5-4-10-25-15/h4-12H,1-3H3,(H,19,23)(H,21,24)/t12-/m1/s1. The van der Waals surface area contributed by atoms with Crippen LogP contribution in [0.5, 0.6) is 0 Å². The number of aromatic amines is 1. The Balaban J connectivity index is 1.81. The van der Waals surface area contributed by atoms with E-state index in [9.17, 15) is 4.79 Å². The van der Waals surface area contributed by atoms with Crippen molar-refractivity contribution in [2.75, 3.05) is 5.32 Å². The second-order valence-corrected chi connectivity index (χ2v) is 7.48. The van der Waals surface area contributed by atoms with E-state index in [0.29, 0.717) is 16.5 Å². The highest BCUT2D eigenvalue weighted by Crippen LogP contribution is 2.26. The van der Waals surface area contributed by atoms with E-state index in [4.69, 9.17) is 12.2 Å². The molecule has 130 valence electrons. The first kappa shape index (κ1) is 17.6. The largest absolute Gasteiger partial charge is 0.324 e. The highest BCUT2D eigenvalue weighted by molar-refractivity contribution is 7.71. The van der Waals surface area contributed by atoms with Gasteiger partial charge in [-0.1, -0.05) is 32.0 Å². The first-order valence-corrected chi connectivity index (χ1v) is 9.37. The van der Waals surface area contributed by atoms with Gasteiger partial charge in [-0.05, 0) is 54.2 Å². The molecule has 2 heterocycles. The number of amides is 1. The fourth-order valence-corrected chi connectivity index (χ4v) is 3.56. The van der Waals surface area contributed by atoms with Gasteiger partial charge in [0.15, 0.2) is 10.6 Å². The van der Waals surface area contributed by atoms with Gasteiger partial charge in [0.25, 0.3) is 0 Å². The van der Waals surface area contributed by atoms with Crippen molar-refractivity contribution < 1.29 is 4.79 Å². The molecule has 25 heavy (non-hydrogen) atoms. The average molecular weight is 373 g/mol. The minimum absolute atomic E-state index is 0.132. The monoisotopic (exact) mass is 372 g/mol. The second kappa shape index (κ2) is 7.33. The van der Waals surface area contributed by atoms with Gasteiger partial charge in [0.1, 0.15) is 6.04 Å². The fourth-order valence-electron chi connectivity index (χ4n) is 2.56. The molecule has 0 saturated carbocycles. The Morgan fingerprint density at radius 3 is 2.56 bits per heavy atom. The highest BCUT2D eigenvalue weighted by atomic mass is 32.1. The number of carbonyl (C=O) groups is 1. The van der Waals surface area contributed by atoms with Crippen molar-refractivity contribution in [2.24, 2.45) is 0 Å². The Bertz CT molecular complexity index is 907. The molecule has 0 aliphatic rings. The molecular formula is C18H20N4OS2. The van der Waals surface area contributed by atoms with Crippen LogP contribution < -0.4 is 5.32 Å². The van der Waals surface area contributed by atoms with Crippen LogP contribution in [0.3, 0.4) is 0 Å². The molecule has 2 aromatic heterocycles. The van der Waals surface area contributed by atoms with Crippen molar-refractivity contribution >= 4 is 35.1 Å². The zero-order valence-corrected chi connectivity index (χ0v) is 15.9. The molecule has 0 spiro atoms. The number of anilines is 1. The maximum absolute atomic E-state index is 12.7. The van der Waals surface area contributed by atoms with E-state index in [-0.39, 0.29) is 5.91 Å². The predicted molar refractivity (Wildman–Crippen MR) is 105 cm³/mol. The molecule has 0 aliphatic carbocycles. The van der Waals surface area contributed by atoms with Crippen LogP contribution in [0.2, 0.25) is 0 Å². The smallest absolute Gasteiger partial charge is 0.247 e. The average Bonchev–Trinajstić information content (AvgIpc) is 3.24. The van der Waals surface area contributed by atoms with Gasteiger partial charge in [0.05, 0.1) is 4.88 Å². The molecule has 0 unspecified atom stereocenters. The first-order valence-electron chi connectivity index (χ1n) is 8.09. The molecule has 0 radical (unpaired) electrons. The van der Waals surface area contributed by atoms with E-state index in [1.165, 1.54) is 5.56 Å².